The van der Waals surface area contributed by atoms with Crippen LogP contribution in [-0.2, 0) is 16.2 Å². The predicted molar refractivity (Wildman–Crippen MR) is 122 cm³/mol. The molecule has 5 heteroatoms. The number of hydrogen-bond donors (Lipinski definition) is 1. The molecule has 0 bridgehead atoms. The van der Waals surface area contributed by atoms with Gasteiger partial charge in [-0.3, -0.25) is 4.79 Å². The number of halogens is 3. The molecule has 0 amide bonds. The minimum absolute atomic E-state index is 0.135. The van der Waals surface area contributed by atoms with E-state index in [1.165, 1.54) is 12.1 Å². The minimum atomic E-state index is -4.91. The lowest BCUT2D eigenvalue weighted by Gasteiger charge is -2.25. The Bertz CT molecular complexity index is 1180. The summed E-state index contributed by atoms with van der Waals surface area (Å²) in [6.45, 7) is 18.6. The highest BCUT2D eigenvalue weighted by Crippen LogP contribution is 2.41. The number of benzene rings is 2. The third kappa shape index (κ3) is 4.24. The lowest BCUT2D eigenvalue weighted by Crippen LogP contribution is -2.23. The van der Waals surface area contributed by atoms with Crippen LogP contribution in [0.25, 0.3) is 21.8 Å². The average molecular weight is 432 g/mol. The second-order valence-corrected chi connectivity index (χ2v) is 11.6. The normalized spacial score (nSPS) is 13.9. The SMILES string of the molecule is CC(C)(C)c1cc(C(C)(C)C)c2[nH]c3c(C(C)(C)C)cc(C(=O)C(F)(F)F)cc3c2c1. The van der Waals surface area contributed by atoms with E-state index in [1.807, 2.05) is 20.8 Å². The molecule has 0 spiro atoms. The Kier molecular flexibility index (Phi) is 5.16. The zero-order chi connectivity index (χ0) is 23.7. The molecule has 0 radical (unpaired) electrons. The maximum atomic E-state index is 13.3. The Hall–Kier alpha value is -2.30. The second-order valence-electron chi connectivity index (χ2n) is 11.6. The molecule has 31 heavy (non-hydrogen) atoms. The van der Waals surface area contributed by atoms with Crippen molar-refractivity contribution in [2.75, 3.05) is 0 Å². The summed E-state index contributed by atoms with van der Waals surface area (Å²) >= 11 is 0. The Morgan fingerprint density at radius 1 is 0.677 bits per heavy atom. The fourth-order valence-corrected chi connectivity index (χ4v) is 4.01. The quantitative estimate of drug-likeness (QED) is 0.390. The van der Waals surface area contributed by atoms with Gasteiger partial charge in [-0.1, -0.05) is 68.4 Å². The van der Waals surface area contributed by atoms with Crippen LogP contribution in [0.5, 0.6) is 0 Å². The largest absolute Gasteiger partial charge is 0.454 e. The molecule has 0 unspecified atom stereocenters. The Balaban J connectivity index is 2.55. The first-order valence-electron chi connectivity index (χ1n) is 10.6. The van der Waals surface area contributed by atoms with E-state index >= 15 is 0 Å². The number of aromatic nitrogens is 1. The van der Waals surface area contributed by atoms with Crippen LogP contribution in [0.1, 0.15) is 89.4 Å². The lowest BCUT2D eigenvalue weighted by molar-refractivity contribution is -0.0885. The maximum absolute atomic E-state index is 13.3. The number of hydrogen-bond acceptors (Lipinski definition) is 1. The number of nitrogens with one attached hydrogen (secondary N) is 1. The smallest absolute Gasteiger partial charge is 0.354 e. The minimum Gasteiger partial charge on any atom is -0.354 e. The molecule has 0 saturated heterocycles. The van der Waals surface area contributed by atoms with Crippen molar-refractivity contribution in [1.82, 2.24) is 4.98 Å². The lowest BCUT2D eigenvalue weighted by atomic mass is 9.79. The van der Waals surface area contributed by atoms with Gasteiger partial charge in [-0.15, -0.1) is 0 Å². The number of H-pyrrole nitrogens is 1. The zero-order valence-corrected chi connectivity index (χ0v) is 19.9. The van der Waals surface area contributed by atoms with E-state index in [9.17, 15) is 18.0 Å². The molecule has 1 N–H and O–H groups in total. The molecule has 2 nitrogen and oxygen atoms in total. The van der Waals surface area contributed by atoms with E-state index < -0.39 is 17.4 Å². The summed E-state index contributed by atoms with van der Waals surface area (Å²) < 4.78 is 39.9. The van der Waals surface area contributed by atoms with Crippen molar-refractivity contribution in [3.8, 4) is 0 Å². The fourth-order valence-electron chi connectivity index (χ4n) is 4.01. The van der Waals surface area contributed by atoms with Gasteiger partial charge in [0.2, 0.25) is 0 Å². The van der Waals surface area contributed by atoms with Crippen molar-refractivity contribution in [3.63, 3.8) is 0 Å². The van der Waals surface area contributed by atoms with Crippen LogP contribution in [-0.4, -0.2) is 16.9 Å². The molecule has 168 valence electrons. The van der Waals surface area contributed by atoms with Crippen LogP contribution in [0.3, 0.4) is 0 Å². The summed E-state index contributed by atoms with van der Waals surface area (Å²) in [7, 11) is 0. The topological polar surface area (TPSA) is 32.9 Å². The third-order valence-corrected chi connectivity index (χ3v) is 5.82. The highest BCUT2D eigenvalue weighted by atomic mass is 19.4. The number of fused-ring (bicyclic) bond motifs is 3. The van der Waals surface area contributed by atoms with Gasteiger partial charge in [0.05, 0.1) is 11.0 Å². The molecule has 0 atom stereocenters. The standard InChI is InChI=1S/C26H32F3NO/c1-23(2,3)15-12-17-16-10-14(22(31)26(27,28)29)11-18(24(4,5)6)20(16)30-21(17)19(13-15)25(7,8)9/h10-13,30H,1-9H3. The summed E-state index contributed by atoms with van der Waals surface area (Å²) in [5.74, 6) is -1.81. The molecular weight excluding hydrogens is 399 g/mol. The number of rotatable bonds is 1. The maximum Gasteiger partial charge on any atom is 0.454 e. The molecule has 1 aromatic heterocycles. The molecule has 0 saturated carbocycles. The van der Waals surface area contributed by atoms with E-state index in [2.05, 4.69) is 58.7 Å². The molecular formula is C26H32F3NO. The molecule has 1 heterocycles. The van der Waals surface area contributed by atoms with E-state index in [4.69, 9.17) is 0 Å². The van der Waals surface area contributed by atoms with Crippen LogP contribution in [0, 0.1) is 0 Å². The summed E-state index contributed by atoms with van der Waals surface area (Å²) in [6.07, 6.45) is -4.91. The number of carbonyl (C=O) groups is 1. The Morgan fingerprint density at radius 3 is 1.55 bits per heavy atom. The van der Waals surface area contributed by atoms with E-state index in [0.29, 0.717) is 10.9 Å². The number of ketones is 1. The third-order valence-electron chi connectivity index (χ3n) is 5.82. The Labute approximate surface area is 182 Å². The summed E-state index contributed by atoms with van der Waals surface area (Å²) in [4.78, 5) is 15.7. The van der Waals surface area contributed by atoms with E-state index in [0.717, 1.165) is 27.5 Å². The van der Waals surface area contributed by atoms with Gasteiger partial charge in [0, 0.05) is 16.3 Å². The van der Waals surface area contributed by atoms with Crippen LogP contribution in [0.2, 0.25) is 0 Å². The predicted octanol–water partition coefficient (Wildman–Crippen LogP) is 7.96. The number of Topliss-reactive ketones (excluding diaryl/α,β-unsaturated/α-hetero) is 1. The average Bonchev–Trinajstić information content (AvgIpc) is 2.94. The zero-order valence-electron chi connectivity index (χ0n) is 19.9. The van der Waals surface area contributed by atoms with Crippen molar-refractivity contribution in [2.45, 2.75) is 84.7 Å². The van der Waals surface area contributed by atoms with E-state index in [-0.39, 0.29) is 16.4 Å². The van der Waals surface area contributed by atoms with Gasteiger partial charge < -0.3 is 4.98 Å². The van der Waals surface area contributed by atoms with Gasteiger partial charge >= 0.3 is 6.18 Å². The summed E-state index contributed by atoms with van der Waals surface area (Å²) in [5.41, 5.74) is 3.54. The molecule has 2 aromatic carbocycles. The number of alkyl halides is 3. The molecule has 0 aliphatic carbocycles. The van der Waals surface area contributed by atoms with E-state index in [1.54, 1.807) is 0 Å². The van der Waals surface area contributed by atoms with Crippen molar-refractivity contribution in [3.05, 3.63) is 46.5 Å². The van der Waals surface area contributed by atoms with Gasteiger partial charge in [0.15, 0.2) is 0 Å². The summed E-state index contributed by atoms with van der Waals surface area (Å²) in [5, 5.41) is 1.52. The van der Waals surface area contributed by atoms with Gasteiger partial charge in [-0.25, -0.2) is 0 Å². The van der Waals surface area contributed by atoms with Gasteiger partial charge in [-0.05, 0) is 51.1 Å². The van der Waals surface area contributed by atoms with Gasteiger partial charge in [-0.2, -0.15) is 13.2 Å². The molecule has 0 aliphatic rings. The van der Waals surface area contributed by atoms with Gasteiger partial charge in [0.25, 0.3) is 5.78 Å². The molecule has 0 fully saturated rings. The van der Waals surface area contributed by atoms with Crippen LogP contribution in [0.15, 0.2) is 24.3 Å². The van der Waals surface area contributed by atoms with Gasteiger partial charge in [0.1, 0.15) is 0 Å². The molecule has 3 rings (SSSR count). The summed E-state index contributed by atoms with van der Waals surface area (Å²) in [6, 6.07) is 7.04. The van der Waals surface area contributed by atoms with Crippen molar-refractivity contribution in [2.24, 2.45) is 0 Å². The highest BCUT2D eigenvalue weighted by molar-refractivity contribution is 6.13. The van der Waals surface area contributed by atoms with Crippen LogP contribution >= 0.6 is 0 Å². The van der Waals surface area contributed by atoms with Crippen LogP contribution in [0.4, 0.5) is 13.2 Å². The first-order valence-corrected chi connectivity index (χ1v) is 10.6. The van der Waals surface area contributed by atoms with Crippen molar-refractivity contribution < 1.29 is 18.0 Å². The highest BCUT2D eigenvalue weighted by Gasteiger charge is 2.40. The first-order chi connectivity index (χ1) is 13.8. The first kappa shape index (κ1) is 23.4. The second kappa shape index (κ2) is 6.85. The Morgan fingerprint density at radius 2 is 1.13 bits per heavy atom. The molecule has 0 aliphatic heterocycles. The fraction of sp³-hybridized carbons (Fsp3) is 0.500. The molecule has 3 aromatic rings. The van der Waals surface area contributed by atoms with Crippen molar-refractivity contribution in [1.29, 1.82) is 0 Å². The van der Waals surface area contributed by atoms with Crippen molar-refractivity contribution >= 4 is 27.6 Å². The van der Waals surface area contributed by atoms with Crippen LogP contribution < -0.4 is 0 Å². The number of carbonyl (C=O) groups excluding carboxylic acids is 1. The number of aromatic amines is 1. The monoisotopic (exact) mass is 431 g/mol.